The Bertz CT molecular complexity index is 255. The van der Waals surface area contributed by atoms with Crippen LogP contribution in [-0.2, 0) is 4.79 Å². The molecule has 0 bridgehead atoms. The van der Waals surface area contributed by atoms with E-state index in [0.717, 1.165) is 19.5 Å². The topological polar surface area (TPSA) is 52.6 Å². The van der Waals surface area contributed by atoms with E-state index >= 15 is 0 Å². The molecule has 0 spiro atoms. The second-order valence-corrected chi connectivity index (χ2v) is 4.54. The van der Waals surface area contributed by atoms with Gasteiger partial charge < -0.3 is 10.4 Å². The largest absolute Gasteiger partial charge is 0.393 e. The second kappa shape index (κ2) is 6.01. The number of rotatable bonds is 4. The fourth-order valence-electron chi connectivity index (χ4n) is 2.00. The van der Waals surface area contributed by atoms with Gasteiger partial charge in [-0.05, 0) is 19.3 Å². The Morgan fingerprint density at radius 1 is 1.75 bits per heavy atom. The highest BCUT2D eigenvalue weighted by Gasteiger charge is 2.29. The Morgan fingerprint density at radius 2 is 2.44 bits per heavy atom. The first kappa shape index (κ1) is 13.2. The molecule has 0 saturated carbocycles. The Balaban J connectivity index is 2.44. The molecular formula is C12H22N2O2. The minimum atomic E-state index is -0.223. The molecule has 0 aliphatic carbocycles. The summed E-state index contributed by atoms with van der Waals surface area (Å²) in [6.07, 6.45) is 2.20. The minimum Gasteiger partial charge on any atom is -0.393 e. The monoisotopic (exact) mass is 226 g/mol. The second-order valence-electron chi connectivity index (χ2n) is 4.54. The van der Waals surface area contributed by atoms with Gasteiger partial charge in [0.05, 0.1) is 12.1 Å². The Labute approximate surface area is 97.3 Å². The number of aliphatic hydroxyl groups is 1. The third-order valence-corrected chi connectivity index (χ3v) is 3.24. The van der Waals surface area contributed by atoms with Crippen LogP contribution in [0.1, 0.15) is 20.3 Å². The van der Waals surface area contributed by atoms with Crippen molar-refractivity contribution in [3.05, 3.63) is 12.7 Å². The van der Waals surface area contributed by atoms with Crippen LogP contribution in [0.4, 0.5) is 0 Å². The number of carbonyl (C=O) groups is 1. The highest BCUT2D eigenvalue weighted by atomic mass is 16.3. The van der Waals surface area contributed by atoms with E-state index in [0.29, 0.717) is 6.54 Å². The molecule has 4 nitrogen and oxygen atoms in total. The highest BCUT2D eigenvalue weighted by molar-refractivity contribution is 5.81. The average molecular weight is 226 g/mol. The van der Waals surface area contributed by atoms with Gasteiger partial charge in [-0.1, -0.05) is 13.0 Å². The van der Waals surface area contributed by atoms with Gasteiger partial charge in [-0.3, -0.25) is 9.69 Å². The van der Waals surface area contributed by atoms with Crippen molar-refractivity contribution >= 4 is 5.91 Å². The molecule has 1 aliphatic rings. The molecule has 1 fully saturated rings. The van der Waals surface area contributed by atoms with E-state index < -0.39 is 0 Å². The van der Waals surface area contributed by atoms with E-state index in [4.69, 9.17) is 0 Å². The third-order valence-electron chi connectivity index (χ3n) is 3.24. The number of hydrogen-bond donors (Lipinski definition) is 2. The summed E-state index contributed by atoms with van der Waals surface area (Å²) in [4.78, 5) is 13.8. The lowest BCUT2D eigenvalue weighted by molar-refractivity contribution is -0.127. The quantitative estimate of drug-likeness (QED) is 0.681. The molecule has 1 saturated heterocycles. The molecule has 4 heteroatoms. The lowest BCUT2D eigenvalue weighted by Crippen LogP contribution is -2.51. The smallest absolute Gasteiger partial charge is 0.237 e. The first-order valence-corrected chi connectivity index (χ1v) is 5.87. The lowest BCUT2D eigenvalue weighted by Gasteiger charge is -2.37. The number of nitrogens with zero attached hydrogens (tertiary/aromatic N) is 1. The van der Waals surface area contributed by atoms with Gasteiger partial charge in [0.2, 0.25) is 5.91 Å². The Morgan fingerprint density at radius 3 is 3.00 bits per heavy atom. The standard InChI is InChI=1S/C12H22N2O2/c1-4-6-13-12(16)10(3)14-7-5-11(15)9(2)8-14/h4,9-11,15H,1,5-8H2,2-3H3,(H,13,16). The van der Waals surface area contributed by atoms with E-state index in [1.807, 2.05) is 13.8 Å². The van der Waals surface area contributed by atoms with Gasteiger partial charge >= 0.3 is 0 Å². The summed E-state index contributed by atoms with van der Waals surface area (Å²) in [6.45, 7) is 9.57. The van der Waals surface area contributed by atoms with Gasteiger partial charge in [0.15, 0.2) is 0 Å². The predicted molar refractivity (Wildman–Crippen MR) is 64.0 cm³/mol. The SMILES string of the molecule is C=CCNC(=O)C(C)N1CCC(O)C(C)C1. The first-order chi connectivity index (χ1) is 7.56. The maximum atomic E-state index is 11.7. The molecule has 0 aromatic heterocycles. The number of likely N-dealkylation sites (tertiary alicyclic amines) is 1. The fraction of sp³-hybridized carbons (Fsp3) is 0.750. The maximum absolute atomic E-state index is 11.7. The molecule has 1 rings (SSSR count). The molecule has 3 atom stereocenters. The molecule has 1 heterocycles. The van der Waals surface area contributed by atoms with Crippen molar-refractivity contribution in [3.63, 3.8) is 0 Å². The van der Waals surface area contributed by atoms with E-state index in [2.05, 4.69) is 16.8 Å². The molecule has 0 aromatic carbocycles. The average Bonchev–Trinajstić information content (AvgIpc) is 2.28. The normalized spacial score (nSPS) is 28.4. The van der Waals surface area contributed by atoms with Gasteiger partial charge in [0.25, 0.3) is 0 Å². The van der Waals surface area contributed by atoms with Crippen LogP contribution >= 0.6 is 0 Å². The fourth-order valence-corrected chi connectivity index (χ4v) is 2.00. The van der Waals surface area contributed by atoms with Crippen LogP contribution < -0.4 is 5.32 Å². The molecular weight excluding hydrogens is 204 g/mol. The van der Waals surface area contributed by atoms with Crippen molar-refractivity contribution < 1.29 is 9.90 Å². The van der Waals surface area contributed by atoms with Gasteiger partial charge in [-0.15, -0.1) is 6.58 Å². The molecule has 0 aromatic rings. The zero-order valence-corrected chi connectivity index (χ0v) is 10.1. The summed E-state index contributed by atoms with van der Waals surface area (Å²) in [7, 11) is 0. The van der Waals surface area contributed by atoms with E-state index in [-0.39, 0.29) is 24.0 Å². The zero-order chi connectivity index (χ0) is 12.1. The molecule has 16 heavy (non-hydrogen) atoms. The van der Waals surface area contributed by atoms with Crippen LogP contribution in [0.3, 0.4) is 0 Å². The molecule has 0 radical (unpaired) electrons. The summed E-state index contributed by atoms with van der Waals surface area (Å²) in [6, 6.07) is -0.130. The predicted octanol–water partition coefficient (Wildman–Crippen LogP) is 0.380. The molecule has 92 valence electrons. The van der Waals surface area contributed by atoms with Crippen molar-refractivity contribution in [1.82, 2.24) is 10.2 Å². The summed E-state index contributed by atoms with van der Waals surface area (Å²) < 4.78 is 0. The number of nitrogens with one attached hydrogen (secondary N) is 1. The number of piperidine rings is 1. The summed E-state index contributed by atoms with van der Waals surface area (Å²) in [5.74, 6) is 0.270. The number of carbonyl (C=O) groups excluding carboxylic acids is 1. The van der Waals surface area contributed by atoms with Crippen LogP contribution in [0, 0.1) is 5.92 Å². The van der Waals surface area contributed by atoms with E-state index in [9.17, 15) is 9.90 Å². The number of amides is 1. The third kappa shape index (κ3) is 3.32. The molecule has 1 aliphatic heterocycles. The first-order valence-electron chi connectivity index (χ1n) is 5.87. The summed E-state index contributed by atoms with van der Waals surface area (Å²) >= 11 is 0. The van der Waals surface area contributed by atoms with Crippen molar-refractivity contribution in [2.45, 2.75) is 32.4 Å². The van der Waals surface area contributed by atoms with Crippen LogP contribution in [0.25, 0.3) is 0 Å². The van der Waals surface area contributed by atoms with Crippen molar-refractivity contribution in [1.29, 1.82) is 0 Å². The van der Waals surface area contributed by atoms with Crippen LogP contribution in [0.2, 0.25) is 0 Å². The van der Waals surface area contributed by atoms with Crippen LogP contribution in [0.15, 0.2) is 12.7 Å². The minimum absolute atomic E-state index is 0.0310. The summed E-state index contributed by atoms with van der Waals surface area (Å²) in [5, 5.41) is 12.4. The Hall–Kier alpha value is -0.870. The van der Waals surface area contributed by atoms with Crippen LogP contribution in [-0.4, -0.2) is 47.7 Å². The molecule has 3 unspecified atom stereocenters. The maximum Gasteiger partial charge on any atom is 0.237 e. The highest BCUT2D eigenvalue weighted by Crippen LogP contribution is 2.18. The van der Waals surface area contributed by atoms with Crippen LogP contribution in [0.5, 0.6) is 0 Å². The molecule has 2 N–H and O–H groups in total. The van der Waals surface area contributed by atoms with E-state index in [1.165, 1.54) is 0 Å². The van der Waals surface area contributed by atoms with Gasteiger partial charge in [-0.2, -0.15) is 0 Å². The van der Waals surface area contributed by atoms with Gasteiger partial charge in [0, 0.05) is 19.6 Å². The van der Waals surface area contributed by atoms with Crippen molar-refractivity contribution in [3.8, 4) is 0 Å². The van der Waals surface area contributed by atoms with Crippen molar-refractivity contribution in [2.75, 3.05) is 19.6 Å². The number of hydrogen-bond acceptors (Lipinski definition) is 3. The van der Waals surface area contributed by atoms with E-state index in [1.54, 1.807) is 6.08 Å². The molecule has 1 amide bonds. The summed E-state index contributed by atoms with van der Waals surface area (Å²) in [5.41, 5.74) is 0. The van der Waals surface area contributed by atoms with Gasteiger partial charge in [-0.25, -0.2) is 0 Å². The van der Waals surface area contributed by atoms with Crippen molar-refractivity contribution in [2.24, 2.45) is 5.92 Å². The lowest BCUT2D eigenvalue weighted by atomic mass is 9.95. The van der Waals surface area contributed by atoms with Gasteiger partial charge in [0.1, 0.15) is 0 Å². The zero-order valence-electron chi connectivity index (χ0n) is 10.1. The number of aliphatic hydroxyl groups excluding tert-OH is 1. The Kier molecular flexibility index (Phi) is 4.96.